The molecule has 1 heterocycles. The van der Waals surface area contributed by atoms with Crippen molar-refractivity contribution in [3.63, 3.8) is 0 Å². The van der Waals surface area contributed by atoms with Gasteiger partial charge in [0.15, 0.2) is 5.37 Å². The van der Waals surface area contributed by atoms with E-state index in [0.717, 1.165) is 0 Å². The van der Waals surface area contributed by atoms with Gasteiger partial charge in [-0.2, -0.15) is 0 Å². The topological polar surface area (TPSA) is 115 Å². The number of pyridine rings is 1. The van der Waals surface area contributed by atoms with Crippen molar-refractivity contribution in [3.8, 4) is 5.75 Å². The molecule has 0 aliphatic carbocycles. The van der Waals surface area contributed by atoms with Crippen molar-refractivity contribution in [3.05, 3.63) is 83.7 Å². The van der Waals surface area contributed by atoms with E-state index in [2.05, 4.69) is 10.3 Å². The lowest BCUT2D eigenvalue weighted by Crippen LogP contribution is -2.24. The first-order chi connectivity index (χ1) is 14.9. The maximum atomic E-state index is 13.6. The van der Waals surface area contributed by atoms with Crippen molar-refractivity contribution in [1.82, 2.24) is 4.98 Å². The van der Waals surface area contributed by atoms with Crippen molar-refractivity contribution in [2.75, 3.05) is 19.5 Å². The van der Waals surface area contributed by atoms with Gasteiger partial charge >= 0.3 is 5.97 Å². The van der Waals surface area contributed by atoms with Gasteiger partial charge in [-0.25, -0.2) is 13.2 Å². The predicted molar refractivity (Wildman–Crippen MR) is 114 cm³/mol. The molecule has 2 aromatic carbocycles. The molecule has 162 valence electrons. The molecule has 0 spiro atoms. The highest BCUT2D eigenvalue weighted by Crippen LogP contribution is 2.34. The molecular formula is C22H22N2O6S. The summed E-state index contributed by atoms with van der Waals surface area (Å²) in [4.78, 5) is 16.4. The van der Waals surface area contributed by atoms with E-state index in [1.807, 2.05) is 0 Å². The summed E-state index contributed by atoms with van der Waals surface area (Å²) < 4.78 is 37.1. The number of carbonyl (C=O) groups is 1. The van der Waals surface area contributed by atoms with Crippen LogP contribution >= 0.6 is 0 Å². The second-order valence-corrected chi connectivity index (χ2v) is 8.55. The third-order valence-electron chi connectivity index (χ3n) is 4.69. The molecule has 0 bridgehead atoms. The van der Waals surface area contributed by atoms with Crippen LogP contribution < -0.4 is 10.1 Å². The van der Waals surface area contributed by atoms with Crippen LogP contribution in [-0.2, 0) is 21.2 Å². The SMILES string of the molecule is COC(=O)c1cccc(CO)c1NC(c1cccnc1)S(=O)(=O)c1ccc(OC)cc1. The van der Waals surface area contributed by atoms with E-state index in [0.29, 0.717) is 16.9 Å². The minimum absolute atomic E-state index is 0.0516. The molecule has 0 saturated heterocycles. The number of aromatic nitrogens is 1. The van der Waals surface area contributed by atoms with Crippen LogP contribution in [0.4, 0.5) is 5.69 Å². The van der Waals surface area contributed by atoms with Crippen LogP contribution in [0.1, 0.15) is 26.9 Å². The van der Waals surface area contributed by atoms with Gasteiger partial charge in [0.25, 0.3) is 0 Å². The van der Waals surface area contributed by atoms with Crippen LogP contribution in [0.25, 0.3) is 0 Å². The summed E-state index contributed by atoms with van der Waals surface area (Å²) in [7, 11) is -1.28. The Labute approximate surface area is 180 Å². The zero-order valence-corrected chi connectivity index (χ0v) is 17.8. The number of nitrogens with one attached hydrogen (secondary N) is 1. The second kappa shape index (κ2) is 9.59. The summed E-state index contributed by atoms with van der Waals surface area (Å²) in [6.07, 6.45) is 2.96. The van der Waals surface area contributed by atoms with Crippen molar-refractivity contribution >= 4 is 21.5 Å². The Balaban J connectivity index is 2.15. The first-order valence-corrected chi connectivity index (χ1v) is 10.8. The highest BCUT2D eigenvalue weighted by molar-refractivity contribution is 7.91. The van der Waals surface area contributed by atoms with E-state index in [9.17, 15) is 18.3 Å². The largest absolute Gasteiger partial charge is 0.497 e. The molecule has 0 saturated carbocycles. The Morgan fingerprint density at radius 2 is 1.84 bits per heavy atom. The summed E-state index contributed by atoms with van der Waals surface area (Å²) in [6.45, 7) is -0.407. The van der Waals surface area contributed by atoms with E-state index in [1.165, 1.54) is 44.8 Å². The molecule has 1 aromatic heterocycles. The molecule has 9 heteroatoms. The number of carbonyl (C=O) groups excluding carboxylic acids is 1. The van der Waals surface area contributed by atoms with Crippen molar-refractivity contribution in [1.29, 1.82) is 0 Å². The minimum Gasteiger partial charge on any atom is -0.497 e. The third-order valence-corrected chi connectivity index (χ3v) is 6.63. The van der Waals surface area contributed by atoms with Crippen LogP contribution in [0.15, 0.2) is 71.9 Å². The van der Waals surface area contributed by atoms with Crippen LogP contribution in [0.2, 0.25) is 0 Å². The molecule has 2 N–H and O–H groups in total. The standard InChI is InChI=1S/C22H22N2O6S/c1-29-17-8-10-18(11-9-17)31(27,28)21(15-6-4-12-23-13-15)24-20-16(14-25)5-3-7-19(20)22(26)30-2/h3-13,21,24-25H,14H2,1-2H3. The maximum Gasteiger partial charge on any atom is 0.339 e. The fourth-order valence-electron chi connectivity index (χ4n) is 3.09. The Bertz CT molecular complexity index is 1150. The van der Waals surface area contributed by atoms with E-state index in [-0.39, 0.29) is 16.1 Å². The highest BCUT2D eigenvalue weighted by Gasteiger charge is 2.31. The molecule has 0 radical (unpaired) electrons. The Morgan fingerprint density at radius 3 is 2.42 bits per heavy atom. The second-order valence-electron chi connectivity index (χ2n) is 6.52. The first kappa shape index (κ1) is 22.3. The number of methoxy groups -OCH3 is 2. The summed E-state index contributed by atoms with van der Waals surface area (Å²) >= 11 is 0. The molecule has 3 rings (SSSR count). The van der Waals surface area contributed by atoms with E-state index < -0.39 is 27.8 Å². The number of anilines is 1. The highest BCUT2D eigenvalue weighted by atomic mass is 32.2. The maximum absolute atomic E-state index is 13.6. The van der Waals surface area contributed by atoms with Crippen molar-refractivity contribution in [2.24, 2.45) is 0 Å². The normalized spacial score (nSPS) is 12.1. The summed E-state index contributed by atoms with van der Waals surface area (Å²) in [5, 5.41) is 11.5. The lowest BCUT2D eigenvalue weighted by molar-refractivity contribution is 0.0601. The predicted octanol–water partition coefficient (Wildman–Crippen LogP) is 2.95. The average Bonchev–Trinajstić information content (AvgIpc) is 2.82. The number of rotatable bonds is 8. The van der Waals surface area contributed by atoms with Crippen molar-refractivity contribution < 1.29 is 27.8 Å². The Kier molecular flexibility index (Phi) is 6.88. The number of aliphatic hydroxyl groups excluding tert-OH is 1. The number of ether oxygens (including phenoxy) is 2. The molecule has 1 atom stereocenters. The summed E-state index contributed by atoms with van der Waals surface area (Å²) in [6, 6.07) is 13.9. The van der Waals surface area contributed by atoms with Crippen LogP contribution in [0, 0.1) is 0 Å². The number of sulfone groups is 1. The third kappa shape index (κ3) is 4.68. The monoisotopic (exact) mass is 442 g/mol. The van der Waals surface area contributed by atoms with Gasteiger partial charge in [0.2, 0.25) is 9.84 Å². The number of hydrogen-bond donors (Lipinski definition) is 2. The molecule has 0 fully saturated rings. The van der Waals surface area contributed by atoms with Crippen LogP contribution in [0.3, 0.4) is 0 Å². The average molecular weight is 442 g/mol. The lowest BCUT2D eigenvalue weighted by atomic mass is 10.1. The first-order valence-electron chi connectivity index (χ1n) is 9.27. The molecule has 1 unspecified atom stereocenters. The molecule has 31 heavy (non-hydrogen) atoms. The number of aliphatic hydroxyl groups is 1. The fourth-order valence-corrected chi connectivity index (χ4v) is 4.64. The van der Waals surface area contributed by atoms with E-state index in [4.69, 9.17) is 9.47 Å². The molecular weight excluding hydrogens is 420 g/mol. The summed E-state index contributed by atoms with van der Waals surface area (Å²) in [5.74, 6) is -0.145. The summed E-state index contributed by atoms with van der Waals surface area (Å²) in [5.41, 5.74) is 0.985. The molecule has 0 amide bonds. The van der Waals surface area contributed by atoms with Gasteiger partial charge in [0.1, 0.15) is 5.75 Å². The van der Waals surface area contributed by atoms with Gasteiger partial charge in [-0.15, -0.1) is 0 Å². The molecule has 0 aliphatic rings. The van der Waals surface area contributed by atoms with Gasteiger partial charge in [0, 0.05) is 23.5 Å². The zero-order chi connectivity index (χ0) is 22.4. The molecule has 0 aliphatic heterocycles. The van der Waals surface area contributed by atoms with Gasteiger partial charge in [-0.05, 0) is 36.4 Å². The zero-order valence-electron chi connectivity index (χ0n) is 17.0. The quantitative estimate of drug-likeness (QED) is 0.512. The number of esters is 1. The van der Waals surface area contributed by atoms with Crippen molar-refractivity contribution in [2.45, 2.75) is 16.9 Å². The van der Waals surface area contributed by atoms with E-state index in [1.54, 1.807) is 36.4 Å². The van der Waals surface area contributed by atoms with E-state index >= 15 is 0 Å². The fraction of sp³-hybridized carbons (Fsp3) is 0.182. The molecule has 3 aromatic rings. The van der Waals surface area contributed by atoms with Crippen LogP contribution in [-0.4, -0.2) is 38.7 Å². The lowest BCUT2D eigenvalue weighted by Gasteiger charge is -2.23. The number of hydrogen-bond acceptors (Lipinski definition) is 8. The minimum atomic E-state index is -3.99. The Hall–Kier alpha value is -3.43. The van der Waals surface area contributed by atoms with Crippen LogP contribution in [0.5, 0.6) is 5.75 Å². The number of nitrogens with zero attached hydrogens (tertiary/aromatic N) is 1. The van der Waals surface area contributed by atoms with Gasteiger partial charge in [-0.3, -0.25) is 4.98 Å². The number of para-hydroxylation sites is 1. The molecule has 8 nitrogen and oxygen atoms in total. The van der Waals surface area contributed by atoms with Gasteiger partial charge < -0.3 is 19.9 Å². The van der Waals surface area contributed by atoms with Gasteiger partial charge in [-0.1, -0.05) is 18.2 Å². The number of benzene rings is 2. The van der Waals surface area contributed by atoms with Gasteiger partial charge in [0.05, 0.1) is 37.0 Å². The smallest absolute Gasteiger partial charge is 0.339 e. The Morgan fingerprint density at radius 1 is 1.10 bits per heavy atom.